The van der Waals surface area contributed by atoms with Crippen LogP contribution in [0.15, 0.2) is 35.5 Å². The summed E-state index contributed by atoms with van der Waals surface area (Å²) in [4.78, 5) is 24.0. The van der Waals surface area contributed by atoms with Gasteiger partial charge in [0.05, 0.1) is 0 Å². The number of hydrogen-bond acceptors (Lipinski definition) is 6. The molecule has 0 aliphatic carbocycles. The molecule has 2 fully saturated rings. The predicted octanol–water partition coefficient (Wildman–Crippen LogP) is 3.35. The molecule has 0 aromatic carbocycles. The van der Waals surface area contributed by atoms with Crippen molar-refractivity contribution in [1.29, 1.82) is 0 Å². The highest BCUT2D eigenvalue weighted by molar-refractivity contribution is 5.89. The van der Waals surface area contributed by atoms with Gasteiger partial charge in [-0.05, 0) is 46.0 Å². The van der Waals surface area contributed by atoms with Crippen LogP contribution >= 0.6 is 0 Å². The number of rotatable bonds is 2. The summed E-state index contributed by atoms with van der Waals surface area (Å²) in [6, 6.07) is 0. The molecule has 0 radical (unpaired) electrons. The van der Waals surface area contributed by atoms with Crippen molar-refractivity contribution >= 4 is 11.9 Å². The number of esters is 2. The van der Waals surface area contributed by atoms with E-state index in [-0.39, 0.29) is 18.6 Å². The predicted molar refractivity (Wildman–Crippen MR) is 103 cm³/mol. The molecule has 3 aliphatic heterocycles. The minimum absolute atomic E-state index is 0.0720. The Morgan fingerprint density at radius 2 is 2.04 bits per heavy atom. The molecule has 3 rings (SSSR count). The fourth-order valence-corrected chi connectivity index (χ4v) is 4.49. The van der Waals surface area contributed by atoms with Crippen LogP contribution in [-0.2, 0) is 23.8 Å². The number of carbonyl (C=O) groups excluding carboxylic acids is 2. The van der Waals surface area contributed by atoms with Gasteiger partial charge in [0.1, 0.15) is 18.3 Å². The zero-order chi connectivity index (χ0) is 20.5. The summed E-state index contributed by atoms with van der Waals surface area (Å²) in [7, 11) is 0. The Morgan fingerprint density at radius 1 is 1.32 bits per heavy atom. The summed E-state index contributed by atoms with van der Waals surface area (Å²) in [5, 5.41) is 11.6. The topological polar surface area (TPSA) is 82.1 Å². The van der Waals surface area contributed by atoms with Crippen molar-refractivity contribution in [2.24, 2.45) is 5.92 Å². The fraction of sp³-hybridized carbons (Fsp3) is 0.636. The molecule has 28 heavy (non-hydrogen) atoms. The average molecular weight is 390 g/mol. The van der Waals surface area contributed by atoms with Gasteiger partial charge in [0, 0.05) is 24.8 Å². The molecule has 0 aromatic rings. The van der Waals surface area contributed by atoms with Crippen molar-refractivity contribution in [3.05, 3.63) is 35.5 Å². The first-order valence-corrected chi connectivity index (χ1v) is 9.92. The summed E-state index contributed by atoms with van der Waals surface area (Å²) in [5.74, 6) is -3.10. The summed E-state index contributed by atoms with van der Waals surface area (Å²) in [6.45, 7) is 9.14. The van der Waals surface area contributed by atoms with Crippen LogP contribution in [0.2, 0.25) is 0 Å². The summed E-state index contributed by atoms with van der Waals surface area (Å²) < 4.78 is 17.3. The van der Waals surface area contributed by atoms with Gasteiger partial charge in [0.25, 0.3) is 0 Å². The van der Waals surface area contributed by atoms with Crippen LogP contribution in [0.4, 0.5) is 0 Å². The van der Waals surface area contributed by atoms with Crippen LogP contribution in [-0.4, -0.2) is 41.1 Å². The maximum atomic E-state index is 12.4. The second-order valence-corrected chi connectivity index (χ2v) is 8.35. The molecule has 0 unspecified atom stereocenters. The third-order valence-electron chi connectivity index (χ3n) is 6.04. The Kier molecular flexibility index (Phi) is 5.82. The Bertz CT molecular complexity index is 735. The standard InChI is InChI=1S/C22H30O6/c1-14-7-5-8-15(2)12-22(25)18-11-19(27-20(24)16(18)3)21(28-22,10-6-9-14)13-26-17(4)23/h8-9,18-19,25H,3,5-7,10-13H2,1-2,4H3/b14-9?,15-8+/t18-,19-,21-,22+/m1/s1. The van der Waals surface area contributed by atoms with E-state index < -0.39 is 35.3 Å². The van der Waals surface area contributed by atoms with E-state index in [2.05, 4.69) is 25.7 Å². The van der Waals surface area contributed by atoms with Crippen LogP contribution in [0.25, 0.3) is 0 Å². The van der Waals surface area contributed by atoms with Crippen LogP contribution in [0, 0.1) is 5.92 Å². The third-order valence-corrected chi connectivity index (χ3v) is 6.04. The molecule has 2 saturated heterocycles. The molecule has 4 bridgehead atoms. The molecule has 3 aliphatic rings. The molecule has 0 spiro atoms. The quantitative estimate of drug-likeness (QED) is 0.442. The first kappa shape index (κ1) is 20.8. The van der Waals surface area contributed by atoms with Gasteiger partial charge in [-0.2, -0.15) is 0 Å². The lowest BCUT2D eigenvalue weighted by Crippen LogP contribution is -2.66. The lowest BCUT2D eigenvalue weighted by atomic mass is 9.72. The van der Waals surface area contributed by atoms with Gasteiger partial charge in [0.15, 0.2) is 5.79 Å². The molecule has 6 nitrogen and oxygen atoms in total. The fourth-order valence-electron chi connectivity index (χ4n) is 4.49. The molecule has 3 heterocycles. The van der Waals surface area contributed by atoms with E-state index in [9.17, 15) is 14.7 Å². The van der Waals surface area contributed by atoms with Crippen LogP contribution in [0.3, 0.4) is 0 Å². The van der Waals surface area contributed by atoms with Crippen molar-refractivity contribution in [3.63, 3.8) is 0 Å². The maximum absolute atomic E-state index is 12.4. The van der Waals surface area contributed by atoms with Gasteiger partial charge in [-0.3, -0.25) is 4.79 Å². The molecule has 6 heteroatoms. The minimum Gasteiger partial charge on any atom is -0.463 e. The molecule has 1 N–H and O–H groups in total. The first-order valence-electron chi connectivity index (χ1n) is 9.92. The van der Waals surface area contributed by atoms with Gasteiger partial charge >= 0.3 is 11.9 Å². The summed E-state index contributed by atoms with van der Waals surface area (Å²) in [6.07, 6.45) is 7.28. The summed E-state index contributed by atoms with van der Waals surface area (Å²) in [5.41, 5.74) is 1.40. The van der Waals surface area contributed by atoms with E-state index in [1.54, 1.807) is 0 Å². The van der Waals surface area contributed by atoms with E-state index in [0.29, 0.717) is 19.3 Å². The zero-order valence-corrected chi connectivity index (χ0v) is 17.0. The van der Waals surface area contributed by atoms with Crippen molar-refractivity contribution < 1.29 is 28.9 Å². The lowest BCUT2D eigenvalue weighted by Gasteiger charge is -2.55. The van der Waals surface area contributed by atoms with Gasteiger partial charge in [-0.15, -0.1) is 0 Å². The first-order chi connectivity index (χ1) is 13.2. The third kappa shape index (κ3) is 4.08. The molecular formula is C22H30O6. The second kappa shape index (κ2) is 7.84. The number of aliphatic hydroxyl groups is 1. The van der Waals surface area contributed by atoms with E-state index in [4.69, 9.17) is 14.2 Å². The van der Waals surface area contributed by atoms with E-state index in [1.165, 1.54) is 12.5 Å². The lowest BCUT2D eigenvalue weighted by molar-refractivity contribution is -0.351. The van der Waals surface area contributed by atoms with Gasteiger partial charge in [0.2, 0.25) is 0 Å². The SMILES string of the molecule is C=C1C(=O)O[C@@H]2C[C@H]1[C@]1(O)C/C(C)=C/CCC(C)=CCC[C@]2(COC(C)=O)O1. The Balaban J connectivity index is 2.04. The number of fused-ring (bicyclic) bond motifs is 6. The number of hydrogen-bond donors (Lipinski definition) is 1. The van der Waals surface area contributed by atoms with Crippen molar-refractivity contribution in [2.45, 2.75) is 76.8 Å². The monoisotopic (exact) mass is 390 g/mol. The number of allylic oxidation sites excluding steroid dienone is 3. The molecular weight excluding hydrogens is 360 g/mol. The molecule has 0 amide bonds. The van der Waals surface area contributed by atoms with Crippen LogP contribution in [0.5, 0.6) is 0 Å². The van der Waals surface area contributed by atoms with E-state index in [1.807, 2.05) is 6.92 Å². The highest BCUT2D eigenvalue weighted by atomic mass is 16.7. The normalized spacial score (nSPS) is 38.1. The molecule has 0 aromatic heterocycles. The molecule has 0 saturated carbocycles. The van der Waals surface area contributed by atoms with Crippen molar-refractivity contribution in [2.75, 3.05) is 6.61 Å². The highest BCUT2D eigenvalue weighted by Gasteiger charge is 2.61. The van der Waals surface area contributed by atoms with Crippen LogP contribution in [0.1, 0.15) is 59.3 Å². The molecule has 4 atom stereocenters. The van der Waals surface area contributed by atoms with E-state index in [0.717, 1.165) is 18.4 Å². The number of ether oxygens (including phenoxy) is 3. The zero-order valence-electron chi connectivity index (χ0n) is 17.0. The highest BCUT2D eigenvalue weighted by Crippen LogP contribution is 2.50. The van der Waals surface area contributed by atoms with Crippen molar-refractivity contribution in [1.82, 2.24) is 0 Å². The smallest absolute Gasteiger partial charge is 0.334 e. The second-order valence-electron chi connectivity index (χ2n) is 8.35. The number of carbonyl (C=O) groups is 2. The average Bonchev–Trinajstić information content (AvgIpc) is 2.60. The van der Waals surface area contributed by atoms with E-state index >= 15 is 0 Å². The van der Waals surface area contributed by atoms with Crippen LogP contribution < -0.4 is 0 Å². The summed E-state index contributed by atoms with van der Waals surface area (Å²) >= 11 is 0. The van der Waals surface area contributed by atoms with Crippen molar-refractivity contribution in [3.8, 4) is 0 Å². The van der Waals surface area contributed by atoms with Gasteiger partial charge in [-0.25, -0.2) is 4.79 Å². The molecule has 154 valence electrons. The Hall–Kier alpha value is -1.92. The Labute approximate surface area is 166 Å². The van der Waals surface area contributed by atoms with Gasteiger partial charge in [-0.1, -0.05) is 29.9 Å². The maximum Gasteiger partial charge on any atom is 0.334 e. The largest absolute Gasteiger partial charge is 0.463 e. The van der Waals surface area contributed by atoms with Gasteiger partial charge < -0.3 is 19.3 Å². The minimum atomic E-state index is -1.59. The Morgan fingerprint density at radius 3 is 2.75 bits per heavy atom.